The molecule has 1 unspecified atom stereocenters. The number of piperidine rings is 1. The molecule has 7 heteroatoms. The number of thiazole rings is 1. The second-order valence-electron chi connectivity index (χ2n) is 7.91. The monoisotopic (exact) mass is 437 g/mol. The highest BCUT2D eigenvalue weighted by atomic mass is 32.1. The molecule has 1 fully saturated rings. The molecule has 31 heavy (non-hydrogen) atoms. The topological polar surface area (TPSA) is 71.5 Å². The van der Waals surface area contributed by atoms with Gasteiger partial charge in [-0.2, -0.15) is 0 Å². The fraction of sp³-hybridized carbons (Fsp3) is 0.375. The third-order valence-corrected chi connectivity index (χ3v) is 6.98. The Balaban J connectivity index is 1.38. The number of carbonyl (C=O) groups excluding carboxylic acids is 2. The molecular weight excluding hydrogens is 410 g/mol. The fourth-order valence-electron chi connectivity index (χ4n) is 4.08. The van der Waals surface area contributed by atoms with Crippen LogP contribution in [0.15, 0.2) is 48.5 Å². The molecule has 2 aromatic carbocycles. The zero-order chi connectivity index (χ0) is 21.8. The lowest BCUT2D eigenvalue weighted by molar-refractivity contribution is -0.133. The summed E-state index contributed by atoms with van der Waals surface area (Å²) in [5.74, 6) is 1.06. The summed E-state index contributed by atoms with van der Waals surface area (Å²) in [6.07, 6.45) is 2.08. The zero-order valence-electron chi connectivity index (χ0n) is 17.8. The van der Waals surface area contributed by atoms with E-state index in [1.807, 2.05) is 41.3 Å². The normalized spacial score (nSPS) is 15.6. The van der Waals surface area contributed by atoms with E-state index in [1.165, 1.54) is 16.6 Å². The standard InChI is InChI=1S/C24H27N3O3S/c1-16(28)25-21(17-7-9-19(30-2)10-8-17)15-23(29)27-13-11-18(12-14-27)24-26-20-5-3-4-6-22(20)31-24/h3-10,18,21H,11-15H2,1-2H3,(H,25,28). The number of benzene rings is 2. The molecule has 1 N–H and O–H groups in total. The lowest BCUT2D eigenvalue weighted by atomic mass is 9.96. The molecule has 1 aliphatic rings. The maximum atomic E-state index is 13.0. The first-order valence-electron chi connectivity index (χ1n) is 10.6. The highest BCUT2D eigenvalue weighted by Crippen LogP contribution is 2.34. The van der Waals surface area contributed by atoms with E-state index in [4.69, 9.17) is 9.72 Å². The summed E-state index contributed by atoms with van der Waals surface area (Å²) in [5, 5.41) is 4.09. The van der Waals surface area contributed by atoms with E-state index in [0.717, 1.165) is 42.8 Å². The van der Waals surface area contributed by atoms with Crippen molar-refractivity contribution in [3.05, 3.63) is 59.1 Å². The molecule has 0 spiro atoms. The van der Waals surface area contributed by atoms with Crippen molar-refractivity contribution in [3.8, 4) is 5.75 Å². The third-order valence-electron chi connectivity index (χ3n) is 5.78. The van der Waals surface area contributed by atoms with Gasteiger partial charge in [0.25, 0.3) is 0 Å². The molecule has 2 amide bonds. The SMILES string of the molecule is COc1ccc(C(CC(=O)N2CCC(c3nc4ccccc4s3)CC2)NC(C)=O)cc1. The van der Waals surface area contributed by atoms with E-state index in [1.54, 1.807) is 18.4 Å². The van der Waals surface area contributed by atoms with Gasteiger partial charge in [0.15, 0.2) is 0 Å². The predicted octanol–water partition coefficient (Wildman–Crippen LogP) is 4.28. The summed E-state index contributed by atoms with van der Waals surface area (Å²) in [6, 6.07) is 15.3. The highest BCUT2D eigenvalue weighted by molar-refractivity contribution is 7.18. The van der Waals surface area contributed by atoms with Gasteiger partial charge in [0, 0.05) is 25.9 Å². The predicted molar refractivity (Wildman–Crippen MR) is 122 cm³/mol. The van der Waals surface area contributed by atoms with Crippen LogP contribution in [0.25, 0.3) is 10.2 Å². The number of likely N-dealkylation sites (tertiary alicyclic amines) is 1. The number of para-hydroxylation sites is 1. The van der Waals surface area contributed by atoms with Crippen LogP contribution in [-0.2, 0) is 9.59 Å². The third kappa shape index (κ3) is 5.05. The van der Waals surface area contributed by atoms with Gasteiger partial charge >= 0.3 is 0 Å². The van der Waals surface area contributed by atoms with Gasteiger partial charge < -0.3 is 15.0 Å². The van der Waals surface area contributed by atoms with Crippen LogP contribution in [0.5, 0.6) is 5.75 Å². The number of nitrogens with one attached hydrogen (secondary N) is 1. The molecule has 0 radical (unpaired) electrons. The quantitative estimate of drug-likeness (QED) is 0.625. The lowest BCUT2D eigenvalue weighted by Gasteiger charge is -2.32. The molecule has 2 heterocycles. The molecular formula is C24H27N3O3S. The maximum Gasteiger partial charge on any atom is 0.224 e. The largest absolute Gasteiger partial charge is 0.497 e. The summed E-state index contributed by atoms with van der Waals surface area (Å²) in [6.45, 7) is 2.91. The first-order chi connectivity index (χ1) is 15.0. The minimum atomic E-state index is -0.349. The second-order valence-corrected chi connectivity index (χ2v) is 8.97. The smallest absolute Gasteiger partial charge is 0.224 e. The second kappa shape index (κ2) is 9.47. The fourth-order valence-corrected chi connectivity index (χ4v) is 5.21. The molecule has 1 saturated heterocycles. The van der Waals surface area contributed by atoms with Crippen LogP contribution in [-0.4, -0.2) is 41.9 Å². The number of hydrogen-bond donors (Lipinski definition) is 1. The van der Waals surface area contributed by atoms with Gasteiger partial charge in [-0.1, -0.05) is 24.3 Å². The van der Waals surface area contributed by atoms with E-state index >= 15 is 0 Å². The van der Waals surface area contributed by atoms with Gasteiger partial charge in [0.2, 0.25) is 11.8 Å². The number of carbonyl (C=O) groups is 2. The summed E-state index contributed by atoms with van der Waals surface area (Å²) in [4.78, 5) is 31.4. The molecule has 1 aromatic heterocycles. The maximum absolute atomic E-state index is 13.0. The summed E-state index contributed by atoms with van der Waals surface area (Å²) >= 11 is 1.76. The zero-order valence-corrected chi connectivity index (χ0v) is 18.7. The Morgan fingerprint density at radius 1 is 1.16 bits per heavy atom. The Hall–Kier alpha value is -2.93. The Morgan fingerprint density at radius 2 is 1.87 bits per heavy atom. The number of fused-ring (bicyclic) bond motifs is 1. The molecule has 3 aromatic rings. The first-order valence-corrected chi connectivity index (χ1v) is 11.4. The number of hydrogen-bond acceptors (Lipinski definition) is 5. The van der Waals surface area contributed by atoms with E-state index in [9.17, 15) is 9.59 Å². The van der Waals surface area contributed by atoms with Crippen LogP contribution in [0.4, 0.5) is 0 Å². The Bertz CT molecular complexity index is 1020. The lowest BCUT2D eigenvalue weighted by Crippen LogP contribution is -2.40. The van der Waals surface area contributed by atoms with Crippen molar-refractivity contribution in [3.63, 3.8) is 0 Å². The summed E-state index contributed by atoms with van der Waals surface area (Å²) in [7, 11) is 1.61. The molecule has 1 atom stereocenters. The first kappa shape index (κ1) is 21.3. The van der Waals surface area contributed by atoms with Crippen molar-refractivity contribution in [2.24, 2.45) is 0 Å². The van der Waals surface area contributed by atoms with Gasteiger partial charge in [-0.05, 0) is 42.7 Å². The van der Waals surface area contributed by atoms with Crippen molar-refractivity contribution < 1.29 is 14.3 Å². The Labute approximate surface area is 186 Å². The van der Waals surface area contributed by atoms with E-state index in [2.05, 4.69) is 17.4 Å². The van der Waals surface area contributed by atoms with Crippen LogP contribution in [0.3, 0.4) is 0 Å². The summed E-state index contributed by atoms with van der Waals surface area (Å²) < 4.78 is 6.42. The number of nitrogens with zero attached hydrogens (tertiary/aromatic N) is 2. The van der Waals surface area contributed by atoms with Gasteiger partial charge in [0.1, 0.15) is 5.75 Å². The van der Waals surface area contributed by atoms with E-state index in [0.29, 0.717) is 5.92 Å². The van der Waals surface area contributed by atoms with Crippen LogP contribution in [0, 0.1) is 0 Å². The van der Waals surface area contributed by atoms with Crippen molar-refractivity contribution in [1.82, 2.24) is 15.2 Å². The molecule has 0 saturated carbocycles. The minimum Gasteiger partial charge on any atom is -0.497 e. The van der Waals surface area contributed by atoms with Crippen LogP contribution in [0.2, 0.25) is 0 Å². The number of rotatable bonds is 6. The van der Waals surface area contributed by atoms with Crippen molar-refractivity contribution in [2.75, 3.05) is 20.2 Å². The Morgan fingerprint density at radius 3 is 2.52 bits per heavy atom. The van der Waals surface area contributed by atoms with Crippen molar-refractivity contribution in [2.45, 2.75) is 38.1 Å². The molecule has 1 aliphatic heterocycles. The number of methoxy groups -OCH3 is 1. The molecule has 0 bridgehead atoms. The highest BCUT2D eigenvalue weighted by Gasteiger charge is 2.28. The van der Waals surface area contributed by atoms with Crippen molar-refractivity contribution >= 4 is 33.4 Å². The van der Waals surface area contributed by atoms with Gasteiger partial charge in [0.05, 0.1) is 34.8 Å². The average Bonchev–Trinajstić information content (AvgIpc) is 3.23. The molecule has 0 aliphatic carbocycles. The average molecular weight is 438 g/mol. The Kier molecular flexibility index (Phi) is 6.51. The van der Waals surface area contributed by atoms with Gasteiger partial charge in [-0.3, -0.25) is 9.59 Å². The van der Waals surface area contributed by atoms with Crippen molar-refractivity contribution in [1.29, 1.82) is 0 Å². The summed E-state index contributed by atoms with van der Waals surface area (Å²) in [5.41, 5.74) is 1.95. The van der Waals surface area contributed by atoms with E-state index < -0.39 is 0 Å². The number of aromatic nitrogens is 1. The van der Waals surface area contributed by atoms with Gasteiger partial charge in [-0.15, -0.1) is 11.3 Å². The number of amides is 2. The molecule has 4 rings (SSSR count). The van der Waals surface area contributed by atoms with E-state index in [-0.39, 0.29) is 24.3 Å². The van der Waals surface area contributed by atoms with Crippen LogP contribution < -0.4 is 10.1 Å². The van der Waals surface area contributed by atoms with Crippen LogP contribution in [0.1, 0.15) is 48.7 Å². The van der Waals surface area contributed by atoms with Gasteiger partial charge in [-0.25, -0.2) is 4.98 Å². The number of ether oxygens (including phenoxy) is 1. The molecule has 6 nitrogen and oxygen atoms in total. The molecule has 162 valence electrons. The minimum absolute atomic E-state index is 0.0670. The van der Waals surface area contributed by atoms with Crippen LogP contribution >= 0.6 is 11.3 Å².